The predicted octanol–water partition coefficient (Wildman–Crippen LogP) is 2.16. The first-order valence-electron chi connectivity index (χ1n) is 8.32. The molecule has 0 bridgehead atoms. The van der Waals surface area contributed by atoms with Crippen LogP contribution in [0.3, 0.4) is 0 Å². The van der Waals surface area contributed by atoms with Crippen molar-refractivity contribution in [2.75, 3.05) is 16.8 Å². The number of aryl methyl sites for hydroxylation is 1. The highest BCUT2D eigenvalue weighted by atomic mass is 32.2. The van der Waals surface area contributed by atoms with Crippen molar-refractivity contribution in [1.82, 2.24) is 5.32 Å². The van der Waals surface area contributed by atoms with Gasteiger partial charge in [-0.3, -0.25) is 9.59 Å². The molecule has 1 unspecified atom stereocenters. The molecule has 136 valence electrons. The van der Waals surface area contributed by atoms with Crippen LogP contribution in [0, 0.1) is 6.92 Å². The standard InChI is InChI=1S/C19H20N2O4S/c1-13-4-2-3-5-17(13)21-19(23)15-8-6-14(7-9-15)18(22)20-16-10-11-26(24,25)12-16/h2-9,16H,10-12H2,1H3,(H,20,22)(H,21,23). The van der Waals surface area contributed by atoms with Gasteiger partial charge in [-0.15, -0.1) is 0 Å². The van der Waals surface area contributed by atoms with Gasteiger partial charge in [0.1, 0.15) is 0 Å². The van der Waals surface area contributed by atoms with Crippen molar-refractivity contribution in [1.29, 1.82) is 0 Å². The fraction of sp³-hybridized carbons (Fsp3) is 0.263. The maximum atomic E-state index is 12.3. The molecule has 0 aromatic heterocycles. The zero-order chi connectivity index (χ0) is 18.7. The van der Waals surface area contributed by atoms with Gasteiger partial charge in [0.2, 0.25) is 0 Å². The molecule has 6 nitrogen and oxygen atoms in total. The molecule has 26 heavy (non-hydrogen) atoms. The van der Waals surface area contributed by atoms with Crippen molar-refractivity contribution in [3.63, 3.8) is 0 Å². The molecule has 2 N–H and O–H groups in total. The Kier molecular flexibility index (Phi) is 5.08. The van der Waals surface area contributed by atoms with Crippen molar-refractivity contribution in [3.05, 3.63) is 65.2 Å². The molecule has 3 rings (SSSR count). The molecule has 0 saturated carbocycles. The van der Waals surface area contributed by atoms with Crippen LogP contribution in [0.25, 0.3) is 0 Å². The molecular formula is C19H20N2O4S. The Morgan fingerprint density at radius 2 is 1.58 bits per heavy atom. The first-order chi connectivity index (χ1) is 12.3. The number of hydrogen-bond donors (Lipinski definition) is 2. The number of anilines is 1. The lowest BCUT2D eigenvalue weighted by Crippen LogP contribution is -2.35. The van der Waals surface area contributed by atoms with Gasteiger partial charge in [0.05, 0.1) is 11.5 Å². The molecule has 0 spiro atoms. The molecule has 1 atom stereocenters. The lowest BCUT2D eigenvalue weighted by Gasteiger charge is -2.11. The fourth-order valence-electron chi connectivity index (χ4n) is 2.86. The van der Waals surface area contributed by atoms with Crippen molar-refractivity contribution in [2.24, 2.45) is 0 Å². The van der Waals surface area contributed by atoms with E-state index >= 15 is 0 Å². The SMILES string of the molecule is Cc1ccccc1NC(=O)c1ccc(C(=O)NC2CCS(=O)(=O)C2)cc1. The average Bonchev–Trinajstić information content (AvgIpc) is 2.95. The number of carbonyl (C=O) groups excluding carboxylic acids is 2. The summed E-state index contributed by atoms with van der Waals surface area (Å²) >= 11 is 0. The second-order valence-electron chi connectivity index (χ2n) is 6.42. The summed E-state index contributed by atoms with van der Waals surface area (Å²) in [5.74, 6) is -0.503. The van der Waals surface area contributed by atoms with Crippen molar-refractivity contribution in [2.45, 2.75) is 19.4 Å². The quantitative estimate of drug-likeness (QED) is 0.860. The maximum absolute atomic E-state index is 12.3. The normalized spacial score (nSPS) is 18.3. The highest BCUT2D eigenvalue weighted by Crippen LogP contribution is 2.16. The smallest absolute Gasteiger partial charge is 0.255 e. The van der Waals surface area contributed by atoms with Crippen LogP contribution in [0.4, 0.5) is 5.69 Å². The molecule has 1 saturated heterocycles. The lowest BCUT2D eigenvalue weighted by atomic mass is 10.1. The summed E-state index contributed by atoms with van der Waals surface area (Å²) in [6, 6.07) is 13.4. The van der Waals surface area contributed by atoms with Crippen LogP contribution in [0.2, 0.25) is 0 Å². The van der Waals surface area contributed by atoms with Gasteiger partial charge in [0.15, 0.2) is 9.84 Å². The molecule has 2 aromatic carbocycles. The second kappa shape index (κ2) is 7.29. The minimum Gasteiger partial charge on any atom is -0.348 e. The monoisotopic (exact) mass is 372 g/mol. The van der Waals surface area contributed by atoms with Gasteiger partial charge in [-0.25, -0.2) is 8.42 Å². The van der Waals surface area contributed by atoms with Gasteiger partial charge in [-0.1, -0.05) is 18.2 Å². The number of hydrogen-bond acceptors (Lipinski definition) is 4. The van der Waals surface area contributed by atoms with Crippen molar-refractivity contribution < 1.29 is 18.0 Å². The molecule has 2 aromatic rings. The number of nitrogens with one attached hydrogen (secondary N) is 2. The van der Waals surface area contributed by atoms with Gasteiger partial charge >= 0.3 is 0 Å². The van der Waals surface area contributed by atoms with Crippen LogP contribution in [-0.4, -0.2) is 37.8 Å². The van der Waals surface area contributed by atoms with Crippen LogP contribution in [-0.2, 0) is 9.84 Å². The minimum absolute atomic E-state index is 0.0182. The van der Waals surface area contributed by atoms with E-state index in [4.69, 9.17) is 0 Å². The van der Waals surface area contributed by atoms with E-state index in [0.717, 1.165) is 11.3 Å². The Hall–Kier alpha value is -2.67. The zero-order valence-corrected chi connectivity index (χ0v) is 15.2. The Morgan fingerprint density at radius 3 is 2.15 bits per heavy atom. The summed E-state index contributed by atoms with van der Waals surface area (Å²) in [5, 5.41) is 5.56. The predicted molar refractivity (Wildman–Crippen MR) is 100 cm³/mol. The van der Waals surface area contributed by atoms with E-state index in [1.165, 1.54) is 0 Å². The third-order valence-corrected chi connectivity index (χ3v) is 6.14. The Bertz CT molecular complexity index is 936. The Labute approximate surface area is 152 Å². The average molecular weight is 372 g/mol. The first kappa shape index (κ1) is 18.1. The van der Waals surface area contributed by atoms with Crippen molar-refractivity contribution >= 4 is 27.3 Å². The summed E-state index contributed by atoms with van der Waals surface area (Å²) in [6.45, 7) is 1.91. The third kappa shape index (κ3) is 4.29. The fourth-order valence-corrected chi connectivity index (χ4v) is 4.53. The van der Waals surface area contributed by atoms with E-state index in [1.807, 2.05) is 31.2 Å². The van der Waals surface area contributed by atoms with Crippen molar-refractivity contribution in [3.8, 4) is 0 Å². The van der Waals surface area contributed by atoms with E-state index < -0.39 is 9.84 Å². The highest BCUT2D eigenvalue weighted by molar-refractivity contribution is 7.91. The summed E-state index contributed by atoms with van der Waals surface area (Å²) in [7, 11) is -3.04. The summed E-state index contributed by atoms with van der Waals surface area (Å²) in [5.41, 5.74) is 2.53. The largest absolute Gasteiger partial charge is 0.348 e. The van der Waals surface area contributed by atoms with Gasteiger partial charge < -0.3 is 10.6 Å². The van der Waals surface area contributed by atoms with E-state index in [1.54, 1.807) is 24.3 Å². The Morgan fingerprint density at radius 1 is 0.962 bits per heavy atom. The maximum Gasteiger partial charge on any atom is 0.255 e. The van der Waals surface area contributed by atoms with Crippen LogP contribution < -0.4 is 10.6 Å². The zero-order valence-electron chi connectivity index (χ0n) is 14.4. The first-order valence-corrected chi connectivity index (χ1v) is 10.1. The molecule has 2 amide bonds. The lowest BCUT2D eigenvalue weighted by molar-refractivity contribution is 0.0939. The number of amides is 2. The number of sulfone groups is 1. The van der Waals surface area contributed by atoms with Gasteiger partial charge in [-0.2, -0.15) is 0 Å². The molecule has 0 aliphatic carbocycles. The molecular weight excluding hydrogens is 352 g/mol. The number of para-hydroxylation sites is 1. The van der Waals surface area contributed by atoms with Gasteiger partial charge in [-0.05, 0) is 49.2 Å². The summed E-state index contributed by atoms with van der Waals surface area (Å²) in [6.07, 6.45) is 0.436. The number of rotatable bonds is 4. The van der Waals surface area contributed by atoms with Gasteiger partial charge in [0.25, 0.3) is 11.8 Å². The van der Waals surface area contributed by atoms with E-state index in [9.17, 15) is 18.0 Å². The molecule has 7 heteroatoms. The molecule has 1 fully saturated rings. The minimum atomic E-state index is -3.04. The number of carbonyl (C=O) groups is 2. The molecule has 0 radical (unpaired) electrons. The summed E-state index contributed by atoms with van der Waals surface area (Å²) < 4.78 is 22.9. The molecule has 1 heterocycles. The second-order valence-corrected chi connectivity index (χ2v) is 8.65. The van der Waals surface area contributed by atoms with E-state index in [2.05, 4.69) is 10.6 Å². The highest BCUT2D eigenvalue weighted by Gasteiger charge is 2.29. The van der Waals surface area contributed by atoms with E-state index in [0.29, 0.717) is 17.5 Å². The topological polar surface area (TPSA) is 92.3 Å². The number of benzene rings is 2. The van der Waals surface area contributed by atoms with Crippen LogP contribution >= 0.6 is 0 Å². The van der Waals surface area contributed by atoms with E-state index in [-0.39, 0.29) is 29.4 Å². The molecule has 1 aliphatic heterocycles. The third-order valence-electron chi connectivity index (χ3n) is 4.37. The summed E-state index contributed by atoms with van der Waals surface area (Å²) in [4.78, 5) is 24.5. The Balaban J connectivity index is 1.63. The van der Waals surface area contributed by atoms with Gasteiger partial charge in [0, 0.05) is 22.9 Å². The molecule has 1 aliphatic rings. The van der Waals surface area contributed by atoms with Crippen LogP contribution in [0.15, 0.2) is 48.5 Å². The van der Waals surface area contributed by atoms with Crippen LogP contribution in [0.1, 0.15) is 32.7 Å². The van der Waals surface area contributed by atoms with Crippen LogP contribution in [0.5, 0.6) is 0 Å².